The van der Waals surface area contributed by atoms with Gasteiger partial charge in [-0.3, -0.25) is 0 Å². The van der Waals surface area contributed by atoms with E-state index in [0.29, 0.717) is 22.6 Å². The van der Waals surface area contributed by atoms with Crippen molar-refractivity contribution in [3.8, 4) is 0 Å². The Kier molecular flexibility index (Phi) is 6.87. The lowest BCUT2D eigenvalue weighted by atomic mass is 10.00. The van der Waals surface area contributed by atoms with Gasteiger partial charge in [0, 0.05) is 11.1 Å². The third-order valence-electron chi connectivity index (χ3n) is 3.21. The molecule has 0 bridgehead atoms. The summed E-state index contributed by atoms with van der Waals surface area (Å²) in [5.41, 5.74) is 6.59. The molecule has 0 saturated carbocycles. The molecule has 2 rings (SSSR count). The number of amides is 2. The smallest absolute Gasteiger partial charge is 0.427 e. The van der Waals surface area contributed by atoms with Gasteiger partial charge in [-0.25, -0.2) is 20.4 Å². The summed E-state index contributed by atoms with van der Waals surface area (Å²) in [4.78, 5) is 22.9. The Bertz CT molecular complexity index is 735. The first-order valence-electron chi connectivity index (χ1n) is 7.60. The predicted molar refractivity (Wildman–Crippen MR) is 97.0 cm³/mol. The summed E-state index contributed by atoms with van der Waals surface area (Å²) >= 11 is 0. The Labute approximate surface area is 150 Å². The van der Waals surface area contributed by atoms with Crippen LogP contribution in [-0.2, 0) is 9.47 Å². The minimum atomic E-state index is -0.730. The van der Waals surface area contributed by atoms with Gasteiger partial charge in [-0.15, -0.1) is 0 Å². The zero-order valence-electron chi connectivity index (χ0n) is 14.3. The standard InChI is InChI=1S/C18H18N4O4/c1-25-17(23)21-19-15(13-9-5-3-6-10-13)16(20-22-18(24)26-2)14-11-7-4-8-12-14/h3-12H,1-2H3,(H,21,23)(H,22,24)/b19-15-,20-16-. The van der Waals surface area contributed by atoms with Gasteiger partial charge in [0.15, 0.2) is 0 Å². The molecule has 2 aromatic carbocycles. The predicted octanol–water partition coefficient (Wildman–Crippen LogP) is 2.51. The van der Waals surface area contributed by atoms with Crippen LogP contribution in [0.2, 0.25) is 0 Å². The molecule has 0 aromatic heterocycles. The molecule has 0 spiro atoms. The Morgan fingerprint density at radius 1 is 0.692 bits per heavy atom. The van der Waals surface area contributed by atoms with Crippen molar-refractivity contribution >= 4 is 23.6 Å². The van der Waals surface area contributed by atoms with E-state index in [1.165, 1.54) is 14.2 Å². The fourth-order valence-electron chi connectivity index (χ4n) is 1.99. The van der Waals surface area contributed by atoms with Crippen molar-refractivity contribution in [1.82, 2.24) is 10.9 Å². The summed E-state index contributed by atoms with van der Waals surface area (Å²) in [5.74, 6) is 0. The third kappa shape index (κ3) is 5.17. The molecule has 0 aliphatic carbocycles. The van der Waals surface area contributed by atoms with Crippen LogP contribution in [0, 0.1) is 0 Å². The number of carbonyl (C=O) groups excluding carboxylic acids is 2. The van der Waals surface area contributed by atoms with Gasteiger partial charge >= 0.3 is 12.2 Å². The molecule has 26 heavy (non-hydrogen) atoms. The first-order valence-corrected chi connectivity index (χ1v) is 7.60. The maximum atomic E-state index is 11.4. The average Bonchev–Trinajstić information content (AvgIpc) is 2.71. The van der Waals surface area contributed by atoms with E-state index in [9.17, 15) is 9.59 Å². The van der Waals surface area contributed by atoms with Crippen LogP contribution in [0.1, 0.15) is 11.1 Å². The molecule has 0 atom stereocenters. The van der Waals surface area contributed by atoms with Crippen molar-refractivity contribution in [2.45, 2.75) is 0 Å². The number of nitrogens with zero attached hydrogens (tertiary/aromatic N) is 2. The topological polar surface area (TPSA) is 101 Å². The zero-order chi connectivity index (χ0) is 18.8. The van der Waals surface area contributed by atoms with Crippen molar-refractivity contribution in [1.29, 1.82) is 0 Å². The highest BCUT2D eigenvalue weighted by atomic mass is 16.5. The Morgan fingerprint density at radius 3 is 1.35 bits per heavy atom. The van der Waals surface area contributed by atoms with Gasteiger partial charge in [0.05, 0.1) is 14.2 Å². The Hall–Kier alpha value is -3.68. The van der Waals surface area contributed by atoms with Crippen LogP contribution in [0.4, 0.5) is 9.59 Å². The SMILES string of the molecule is COC(=O)N/N=C(\C(=N/NC(=O)OC)c1ccccc1)c1ccccc1. The third-order valence-corrected chi connectivity index (χ3v) is 3.21. The zero-order valence-corrected chi connectivity index (χ0v) is 14.3. The van der Waals surface area contributed by atoms with Crippen molar-refractivity contribution in [3.05, 3.63) is 71.8 Å². The number of hydrogen-bond acceptors (Lipinski definition) is 6. The summed E-state index contributed by atoms with van der Waals surface area (Å²) in [6.07, 6.45) is -1.46. The Balaban J connectivity index is 2.53. The molecule has 0 aliphatic rings. The van der Waals surface area contributed by atoms with Crippen molar-refractivity contribution in [2.24, 2.45) is 10.2 Å². The lowest BCUT2D eigenvalue weighted by Gasteiger charge is -2.11. The molecule has 0 aliphatic heterocycles. The highest BCUT2D eigenvalue weighted by molar-refractivity contribution is 6.53. The number of nitrogens with one attached hydrogen (secondary N) is 2. The van der Waals surface area contributed by atoms with Crippen LogP contribution in [-0.4, -0.2) is 37.8 Å². The van der Waals surface area contributed by atoms with Gasteiger partial charge < -0.3 is 9.47 Å². The molecule has 2 amide bonds. The van der Waals surface area contributed by atoms with E-state index in [0.717, 1.165) is 0 Å². The van der Waals surface area contributed by atoms with Crippen LogP contribution in [0.3, 0.4) is 0 Å². The quantitative estimate of drug-likeness (QED) is 0.636. The minimum Gasteiger partial charge on any atom is -0.452 e. The summed E-state index contributed by atoms with van der Waals surface area (Å²) in [6, 6.07) is 18.2. The highest BCUT2D eigenvalue weighted by Gasteiger charge is 2.16. The molecule has 0 fully saturated rings. The van der Waals surface area contributed by atoms with Gasteiger partial charge in [-0.1, -0.05) is 60.7 Å². The van der Waals surface area contributed by atoms with Gasteiger partial charge in [0.25, 0.3) is 0 Å². The van der Waals surface area contributed by atoms with E-state index >= 15 is 0 Å². The Morgan fingerprint density at radius 2 is 1.04 bits per heavy atom. The number of ether oxygens (including phenoxy) is 2. The van der Waals surface area contributed by atoms with Gasteiger partial charge in [-0.2, -0.15) is 10.2 Å². The van der Waals surface area contributed by atoms with Crippen LogP contribution in [0.15, 0.2) is 70.9 Å². The summed E-state index contributed by atoms with van der Waals surface area (Å²) in [6.45, 7) is 0. The normalized spacial score (nSPS) is 11.5. The first kappa shape index (κ1) is 18.7. The summed E-state index contributed by atoms with van der Waals surface area (Å²) in [7, 11) is 2.47. The van der Waals surface area contributed by atoms with Crippen LogP contribution < -0.4 is 10.9 Å². The van der Waals surface area contributed by atoms with E-state index in [4.69, 9.17) is 0 Å². The molecule has 2 aromatic rings. The van der Waals surface area contributed by atoms with E-state index < -0.39 is 12.2 Å². The average molecular weight is 354 g/mol. The van der Waals surface area contributed by atoms with Crippen molar-refractivity contribution in [3.63, 3.8) is 0 Å². The molecule has 8 heteroatoms. The molecular weight excluding hydrogens is 336 g/mol. The van der Waals surface area contributed by atoms with E-state index in [-0.39, 0.29) is 0 Å². The summed E-state index contributed by atoms with van der Waals surface area (Å²) < 4.78 is 9.10. The van der Waals surface area contributed by atoms with E-state index in [1.54, 1.807) is 24.3 Å². The number of methoxy groups -OCH3 is 2. The first-order chi connectivity index (χ1) is 12.7. The van der Waals surface area contributed by atoms with E-state index in [1.807, 2.05) is 36.4 Å². The van der Waals surface area contributed by atoms with Crippen molar-refractivity contribution < 1.29 is 19.1 Å². The number of benzene rings is 2. The van der Waals surface area contributed by atoms with Gasteiger partial charge in [0.1, 0.15) is 11.4 Å². The minimum absolute atomic E-state index is 0.332. The maximum Gasteiger partial charge on any atom is 0.427 e. The van der Waals surface area contributed by atoms with E-state index in [2.05, 4.69) is 30.5 Å². The number of rotatable bonds is 5. The molecule has 8 nitrogen and oxygen atoms in total. The second kappa shape index (κ2) is 9.58. The van der Waals surface area contributed by atoms with Crippen LogP contribution in [0.25, 0.3) is 0 Å². The largest absolute Gasteiger partial charge is 0.452 e. The van der Waals surface area contributed by atoms with Gasteiger partial charge in [0.2, 0.25) is 0 Å². The monoisotopic (exact) mass is 354 g/mol. The summed E-state index contributed by atoms with van der Waals surface area (Å²) in [5, 5.41) is 8.23. The molecule has 134 valence electrons. The van der Waals surface area contributed by atoms with Gasteiger partial charge in [-0.05, 0) is 0 Å². The molecule has 0 unspecified atom stereocenters. The lowest BCUT2D eigenvalue weighted by molar-refractivity contribution is 0.170. The number of hydrogen-bond donors (Lipinski definition) is 2. The molecule has 0 saturated heterocycles. The fraction of sp³-hybridized carbons (Fsp3) is 0.111. The second-order valence-corrected chi connectivity index (χ2v) is 4.86. The molecule has 2 N–H and O–H groups in total. The van der Waals surface area contributed by atoms with Crippen LogP contribution in [0.5, 0.6) is 0 Å². The molecular formula is C18H18N4O4. The van der Waals surface area contributed by atoms with Crippen molar-refractivity contribution in [2.75, 3.05) is 14.2 Å². The molecule has 0 heterocycles. The second-order valence-electron chi connectivity index (χ2n) is 4.86. The fourth-order valence-corrected chi connectivity index (χ4v) is 1.99. The molecule has 0 radical (unpaired) electrons. The highest BCUT2D eigenvalue weighted by Crippen LogP contribution is 2.10. The van der Waals surface area contributed by atoms with Crippen LogP contribution >= 0.6 is 0 Å². The maximum absolute atomic E-state index is 11.4. The lowest BCUT2D eigenvalue weighted by Crippen LogP contribution is -2.28. The number of hydrazone groups is 2. The number of carbonyl (C=O) groups is 2.